The average molecular weight is 316 g/mol. The molecule has 1 unspecified atom stereocenters. The predicted molar refractivity (Wildman–Crippen MR) is 74.8 cm³/mol. The number of hydrogen-bond acceptors (Lipinski definition) is 6. The number of aliphatic hydroxyl groups excluding tert-OH is 1. The fourth-order valence-corrected chi connectivity index (χ4v) is 4.28. The quantitative estimate of drug-likeness (QED) is 0.763. The van der Waals surface area contributed by atoms with Crippen molar-refractivity contribution in [1.29, 1.82) is 0 Å². The molecule has 0 fully saturated rings. The molecule has 2 heterocycles. The lowest BCUT2D eigenvalue weighted by atomic mass is 10.2. The van der Waals surface area contributed by atoms with E-state index in [2.05, 4.69) is 19.9 Å². The zero-order valence-corrected chi connectivity index (χ0v) is 13.0. The van der Waals surface area contributed by atoms with Crippen molar-refractivity contribution in [2.75, 3.05) is 0 Å². The molecule has 3 N–H and O–H groups in total. The fourth-order valence-electron chi connectivity index (χ4n) is 1.94. The Balaban J connectivity index is 2.27. The van der Waals surface area contributed by atoms with E-state index in [9.17, 15) is 8.42 Å². The van der Waals surface area contributed by atoms with Gasteiger partial charge in [-0.15, -0.1) is 11.3 Å². The largest absolute Gasteiger partial charge is 0.392 e. The number of sulfonamides is 1. The van der Waals surface area contributed by atoms with E-state index in [1.54, 1.807) is 6.92 Å². The standard InChI is InChI=1S/C11H16N4O3S2/c1-6-10(19-8(3)13-6)7(2)15-20(17,18)11-9(5-16)4-12-14-11/h4,7,15-16H,5H2,1-3H3,(H,12,14). The van der Waals surface area contributed by atoms with Gasteiger partial charge in [0, 0.05) is 10.4 Å². The van der Waals surface area contributed by atoms with E-state index in [0.717, 1.165) is 15.6 Å². The summed E-state index contributed by atoms with van der Waals surface area (Å²) < 4.78 is 27.1. The van der Waals surface area contributed by atoms with Crippen LogP contribution < -0.4 is 4.72 Å². The SMILES string of the molecule is Cc1nc(C)c(C(C)NS(=O)(=O)c2[nH]ncc2CO)s1. The Morgan fingerprint density at radius 1 is 1.50 bits per heavy atom. The van der Waals surface area contributed by atoms with Crippen molar-refractivity contribution in [3.63, 3.8) is 0 Å². The second kappa shape index (κ2) is 5.60. The number of nitrogens with one attached hydrogen (secondary N) is 2. The predicted octanol–water partition coefficient (Wildman–Crippen LogP) is 1.01. The smallest absolute Gasteiger partial charge is 0.258 e. The zero-order valence-electron chi connectivity index (χ0n) is 11.3. The third-order valence-electron chi connectivity index (χ3n) is 2.78. The first kappa shape index (κ1) is 15.1. The maximum Gasteiger partial charge on any atom is 0.258 e. The van der Waals surface area contributed by atoms with Crippen LogP contribution in [0.15, 0.2) is 11.2 Å². The second-order valence-corrected chi connectivity index (χ2v) is 7.29. The van der Waals surface area contributed by atoms with Gasteiger partial charge in [0.25, 0.3) is 10.0 Å². The summed E-state index contributed by atoms with van der Waals surface area (Å²) in [4.78, 5) is 5.15. The topological polar surface area (TPSA) is 108 Å². The van der Waals surface area contributed by atoms with Crippen molar-refractivity contribution in [3.05, 3.63) is 27.3 Å². The summed E-state index contributed by atoms with van der Waals surface area (Å²) in [5, 5.41) is 15.9. The van der Waals surface area contributed by atoms with Crippen molar-refractivity contribution < 1.29 is 13.5 Å². The number of nitrogens with zero attached hydrogens (tertiary/aromatic N) is 2. The minimum atomic E-state index is -3.76. The van der Waals surface area contributed by atoms with Gasteiger partial charge in [-0.05, 0) is 20.8 Å². The summed E-state index contributed by atoms with van der Waals surface area (Å²) in [6.45, 7) is 5.09. The van der Waals surface area contributed by atoms with E-state index in [4.69, 9.17) is 5.11 Å². The molecule has 0 aromatic carbocycles. The Morgan fingerprint density at radius 3 is 2.75 bits per heavy atom. The van der Waals surface area contributed by atoms with E-state index in [-0.39, 0.29) is 17.2 Å². The van der Waals surface area contributed by atoms with Crippen molar-refractivity contribution in [2.45, 2.75) is 38.4 Å². The van der Waals surface area contributed by atoms with Gasteiger partial charge in [-0.1, -0.05) is 0 Å². The molecule has 2 aromatic rings. The monoisotopic (exact) mass is 316 g/mol. The Morgan fingerprint density at radius 2 is 2.20 bits per heavy atom. The summed E-state index contributed by atoms with van der Waals surface area (Å²) in [5.41, 5.74) is 1.05. The highest BCUT2D eigenvalue weighted by molar-refractivity contribution is 7.89. The lowest BCUT2D eigenvalue weighted by Gasteiger charge is -2.13. The molecule has 0 saturated carbocycles. The first-order valence-corrected chi connectivity index (χ1v) is 8.24. The van der Waals surface area contributed by atoms with E-state index in [1.165, 1.54) is 17.5 Å². The third kappa shape index (κ3) is 2.90. The molecular weight excluding hydrogens is 300 g/mol. The summed E-state index contributed by atoms with van der Waals surface area (Å²) in [5.74, 6) is 0. The number of aliphatic hydroxyl groups is 1. The van der Waals surface area contributed by atoms with Crippen molar-refractivity contribution in [3.8, 4) is 0 Å². The molecule has 0 aliphatic carbocycles. The van der Waals surface area contributed by atoms with Crippen LogP contribution in [0.2, 0.25) is 0 Å². The fraction of sp³-hybridized carbons (Fsp3) is 0.455. The minimum absolute atomic E-state index is 0.106. The Labute approximate surface area is 121 Å². The number of aromatic nitrogens is 3. The highest BCUT2D eigenvalue weighted by Gasteiger charge is 2.25. The molecule has 0 aliphatic rings. The molecule has 0 saturated heterocycles. The van der Waals surface area contributed by atoms with Crippen molar-refractivity contribution >= 4 is 21.4 Å². The van der Waals surface area contributed by atoms with E-state index in [0.29, 0.717) is 0 Å². The van der Waals surface area contributed by atoms with Crippen LogP contribution >= 0.6 is 11.3 Å². The molecule has 110 valence electrons. The second-order valence-electron chi connectivity index (χ2n) is 4.41. The van der Waals surface area contributed by atoms with E-state index >= 15 is 0 Å². The third-order valence-corrected chi connectivity index (χ3v) is 5.59. The van der Waals surface area contributed by atoms with Crippen LogP contribution in [-0.2, 0) is 16.6 Å². The number of hydrogen-bond donors (Lipinski definition) is 3. The Hall–Kier alpha value is -1.29. The first-order chi connectivity index (χ1) is 9.35. The molecule has 2 aromatic heterocycles. The van der Waals surface area contributed by atoms with Gasteiger partial charge in [-0.25, -0.2) is 18.1 Å². The van der Waals surface area contributed by atoms with Gasteiger partial charge in [0.1, 0.15) is 0 Å². The molecule has 2 rings (SSSR count). The molecule has 20 heavy (non-hydrogen) atoms. The van der Waals surface area contributed by atoms with E-state index < -0.39 is 16.1 Å². The molecule has 0 bridgehead atoms. The van der Waals surface area contributed by atoms with Crippen LogP contribution in [0.4, 0.5) is 0 Å². The maximum absolute atomic E-state index is 12.3. The molecule has 0 spiro atoms. The summed E-state index contributed by atoms with van der Waals surface area (Å²) in [6.07, 6.45) is 1.29. The van der Waals surface area contributed by atoms with Gasteiger partial charge < -0.3 is 5.11 Å². The summed E-state index contributed by atoms with van der Waals surface area (Å²) >= 11 is 1.46. The number of thiazole rings is 1. The zero-order chi connectivity index (χ0) is 14.9. The lowest BCUT2D eigenvalue weighted by molar-refractivity contribution is 0.278. The van der Waals surface area contributed by atoms with E-state index in [1.807, 2.05) is 13.8 Å². The summed E-state index contributed by atoms with van der Waals surface area (Å²) in [6, 6.07) is -0.402. The highest BCUT2D eigenvalue weighted by atomic mass is 32.2. The highest BCUT2D eigenvalue weighted by Crippen LogP contribution is 2.26. The van der Waals surface area contributed by atoms with Gasteiger partial charge in [-0.3, -0.25) is 5.10 Å². The molecule has 1 atom stereocenters. The molecule has 0 radical (unpaired) electrons. The van der Waals surface area contributed by atoms with Crippen LogP contribution in [-0.4, -0.2) is 28.7 Å². The maximum atomic E-state index is 12.3. The molecule has 7 nitrogen and oxygen atoms in total. The van der Waals surface area contributed by atoms with Crippen LogP contribution in [0.3, 0.4) is 0 Å². The van der Waals surface area contributed by atoms with Gasteiger partial charge in [0.15, 0.2) is 5.03 Å². The number of aryl methyl sites for hydroxylation is 2. The lowest BCUT2D eigenvalue weighted by Crippen LogP contribution is -2.28. The van der Waals surface area contributed by atoms with Crippen molar-refractivity contribution in [2.24, 2.45) is 0 Å². The first-order valence-electron chi connectivity index (χ1n) is 5.94. The van der Waals surface area contributed by atoms with Gasteiger partial charge >= 0.3 is 0 Å². The molecule has 9 heteroatoms. The van der Waals surface area contributed by atoms with Gasteiger partial charge in [0.2, 0.25) is 0 Å². The molecule has 0 amide bonds. The van der Waals surface area contributed by atoms with Crippen molar-refractivity contribution in [1.82, 2.24) is 19.9 Å². The van der Waals surface area contributed by atoms with Crippen LogP contribution in [0.5, 0.6) is 0 Å². The minimum Gasteiger partial charge on any atom is -0.392 e. The Kier molecular flexibility index (Phi) is 4.23. The normalized spacial score (nSPS) is 13.6. The molecular formula is C11H16N4O3S2. The number of rotatable bonds is 5. The van der Waals surface area contributed by atoms with Gasteiger partial charge in [0.05, 0.1) is 29.5 Å². The number of aromatic amines is 1. The van der Waals surface area contributed by atoms with Crippen LogP contribution in [0.1, 0.15) is 34.1 Å². The average Bonchev–Trinajstić information content (AvgIpc) is 2.94. The van der Waals surface area contributed by atoms with Crippen LogP contribution in [0.25, 0.3) is 0 Å². The van der Waals surface area contributed by atoms with Gasteiger partial charge in [-0.2, -0.15) is 5.10 Å². The van der Waals surface area contributed by atoms with Crippen LogP contribution in [0, 0.1) is 13.8 Å². The molecule has 0 aliphatic heterocycles. The Bertz CT molecular complexity index is 705. The summed E-state index contributed by atoms with van der Waals surface area (Å²) in [7, 11) is -3.76. The number of H-pyrrole nitrogens is 1.